The number of carbonyl (C=O) groups is 1. The van der Waals surface area contributed by atoms with Crippen LogP contribution in [0.1, 0.15) is 34.5 Å². The predicted molar refractivity (Wildman–Crippen MR) is 110 cm³/mol. The van der Waals surface area contributed by atoms with Crippen LogP contribution in [0.25, 0.3) is 0 Å². The quantitative estimate of drug-likeness (QED) is 0.779. The highest BCUT2D eigenvalue weighted by Gasteiger charge is 2.30. The smallest absolute Gasteiger partial charge is 0.251 e. The van der Waals surface area contributed by atoms with E-state index in [1.54, 1.807) is 6.07 Å². The number of carbonyl (C=O) groups excluding carboxylic acids is 1. The van der Waals surface area contributed by atoms with E-state index >= 15 is 0 Å². The van der Waals surface area contributed by atoms with Gasteiger partial charge in [-0.25, -0.2) is 8.42 Å². The number of hydrogen-bond donors (Lipinski definition) is 1. The van der Waals surface area contributed by atoms with Crippen molar-refractivity contribution in [3.05, 3.63) is 59.2 Å². The molecule has 1 atom stereocenters. The van der Waals surface area contributed by atoms with Crippen molar-refractivity contribution in [2.75, 3.05) is 33.4 Å². The molecule has 1 heterocycles. The van der Waals surface area contributed by atoms with Crippen LogP contribution in [0.15, 0.2) is 47.4 Å². The summed E-state index contributed by atoms with van der Waals surface area (Å²) in [5, 5.41) is 2.92. The molecule has 1 N–H and O–H groups in total. The largest absolute Gasteiger partial charge is 0.495 e. The van der Waals surface area contributed by atoms with Crippen LogP contribution in [0.5, 0.6) is 5.75 Å². The SMILES string of the molecule is COc1ccc(C(=O)NC(C)c2ccc(C)cc2)cc1S(=O)(=O)N1CCOCC1. The Balaban J connectivity index is 1.85. The Morgan fingerprint density at radius 2 is 1.79 bits per heavy atom. The normalized spacial score (nSPS) is 16.2. The third-order valence-corrected chi connectivity index (χ3v) is 6.86. The van der Waals surface area contributed by atoms with Crippen LogP contribution >= 0.6 is 0 Å². The number of amides is 1. The second-order valence-corrected chi connectivity index (χ2v) is 8.89. The first-order valence-electron chi connectivity index (χ1n) is 9.46. The van der Waals surface area contributed by atoms with E-state index in [0.29, 0.717) is 13.2 Å². The van der Waals surface area contributed by atoms with Gasteiger partial charge >= 0.3 is 0 Å². The van der Waals surface area contributed by atoms with E-state index < -0.39 is 10.0 Å². The molecule has 1 aliphatic rings. The summed E-state index contributed by atoms with van der Waals surface area (Å²) in [6.07, 6.45) is 0. The van der Waals surface area contributed by atoms with Gasteiger partial charge < -0.3 is 14.8 Å². The van der Waals surface area contributed by atoms with E-state index in [0.717, 1.165) is 11.1 Å². The highest BCUT2D eigenvalue weighted by Crippen LogP contribution is 2.28. The molecule has 7 nitrogen and oxygen atoms in total. The molecule has 1 amide bonds. The fourth-order valence-electron chi connectivity index (χ4n) is 3.16. The monoisotopic (exact) mass is 418 g/mol. The highest BCUT2D eigenvalue weighted by molar-refractivity contribution is 7.89. The number of morpholine rings is 1. The number of aryl methyl sites for hydroxylation is 1. The first-order chi connectivity index (χ1) is 13.8. The third kappa shape index (κ3) is 4.77. The van der Waals surface area contributed by atoms with Gasteiger partial charge in [-0.15, -0.1) is 0 Å². The molecule has 0 radical (unpaired) electrons. The molecule has 8 heteroatoms. The lowest BCUT2D eigenvalue weighted by Crippen LogP contribution is -2.40. The highest BCUT2D eigenvalue weighted by atomic mass is 32.2. The number of sulfonamides is 1. The van der Waals surface area contributed by atoms with Crippen LogP contribution < -0.4 is 10.1 Å². The minimum absolute atomic E-state index is 0.0162. The number of rotatable bonds is 6. The number of nitrogens with one attached hydrogen (secondary N) is 1. The van der Waals surface area contributed by atoms with Gasteiger partial charge in [-0.1, -0.05) is 29.8 Å². The summed E-state index contributed by atoms with van der Waals surface area (Å²) in [4.78, 5) is 12.8. The number of ether oxygens (including phenoxy) is 2. The zero-order chi connectivity index (χ0) is 21.0. The van der Waals surface area contributed by atoms with Gasteiger partial charge in [0.05, 0.1) is 26.4 Å². The zero-order valence-corrected chi connectivity index (χ0v) is 17.7. The Kier molecular flexibility index (Phi) is 6.56. The average Bonchev–Trinajstić information content (AvgIpc) is 2.74. The summed E-state index contributed by atoms with van der Waals surface area (Å²) in [6, 6.07) is 12.1. The van der Waals surface area contributed by atoms with Crippen LogP contribution in [0.2, 0.25) is 0 Å². The summed E-state index contributed by atoms with van der Waals surface area (Å²) >= 11 is 0. The molecule has 2 aromatic carbocycles. The Hall–Kier alpha value is -2.42. The van der Waals surface area contributed by atoms with E-state index in [2.05, 4.69) is 5.32 Å². The molecule has 2 aromatic rings. The second kappa shape index (κ2) is 8.94. The summed E-state index contributed by atoms with van der Waals surface area (Å²) in [5.74, 6) is -0.140. The Morgan fingerprint density at radius 3 is 2.41 bits per heavy atom. The van der Waals surface area contributed by atoms with Crippen molar-refractivity contribution in [3.8, 4) is 5.75 Å². The maximum absolute atomic E-state index is 13.1. The van der Waals surface area contributed by atoms with Gasteiger partial charge in [0.1, 0.15) is 10.6 Å². The Morgan fingerprint density at radius 1 is 1.14 bits per heavy atom. The van der Waals surface area contributed by atoms with Crippen molar-refractivity contribution in [2.45, 2.75) is 24.8 Å². The molecule has 29 heavy (non-hydrogen) atoms. The van der Waals surface area contributed by atoms with Crippen LogP contribution in [0, 0.1) is 6.92 Å². The number of nitrogens with zero attached hydrogens (tertiary/aromatic N) is 1. The Bertz CT molecular complexity index is 967. The Labute approximate surface area is 171 Å². The minimum Gasteiger partial charge on any atom is -0.495 e. The molecule has 0 spiro atoms. The fraction of sp³-hybridized carbons (Fsp3) is 0.381. The second-order valence-electron chi connectivity index (χ2n) is 6.99. The molecule has 156 valence electrons. The maximum atomic E-state index is 13.1. The van der Waals surface area contributed by atoms with Gasteiger partial charge in [-0.05, 0) is 37.6 Å². The molecular weight excluding hydrogens is 392 g/mol. The summed E-state index contributed by atoms with van der Waals surface area (Å²) < 4.78 is 38.0. The van der Waals surface area contributed by atoms with E-state index in [9.17, 15) is 13.2 Å². The molecule has 1 unspecified atom stereocenters. The summed E-state index contributed by atoms with van der Waals surface area (Å²) in [6.45, 7) is 5.11. The van der Waals surface area contributed by atoms with Crippen LogP contribution in [0.4, 0.5) is 0 Å². The molecular formula is C21H26N2O5S. The topological polar surface area (TPSA) is 84.9 Å². The summed E-state index contributed by atoms with van der Waals surface area (Å²) in [7, 11) is -2.39. The van der Waals surface area contributed by atoms with Crippen molar-refractivity contribution < 1.29 is 22.7 Å². The van der Waals surface area contributed by atoms with E-state index in [4.69, 9.17) is 9.47 Å². The van der Waals surface area contributed by atoms with Crippen LogP contribution in [-0.4, -0.2) is 52.0 Å². The first kappa shape index (κ1) is 21.3. The zero-order valence-electron chi connectivity index (χ0n) is 16.8. The van der Waals surface area contributed by atoms with Gasteiger partial charge in [-0.3, -0.25) is 4.79 Å². The molecule has 1 aliphatic heterocycles. The standard InChI is InChI=1S/C21H26N2O5S/c1-15-4-6-17(7-5-15)16(2)22-21(24)18-8-9-19(27-3)20(14-18)29(25,26)23-10-12-28-13-11-23/h4-9,14,16H,10-13H2,1-3H3,(H,22,24). The van der Waals surface area contributed by atoms with Gasteiger partial charge in [-0.2, -0.15) is 4.31 Å². The van der Waals surface area contributed by atoms with Crippen molar-refractivity contribution in [2.24, 2.45) is 0 Å². The molecule has 0 aromatic heterocycles. The lowest BCUT2D eigenvalue weighted by atomic mass is 10.1. The first-order valence-corrected chi connectivity index (χ1v) is 10.9. The molecule has 0 bridgehead atoms. The average molecular weight is 419 g/mol. The van der Waals surface area contributed by atoms with E-state index in [1.807, 2.05) is 38.1 Å². The van der Waals surface area contributed by atoms with Gasteiger partial charge in [0.2, 0.25) is 10.0 Å². The fourth-order valence-corrected chi connectivity index (χ4v) is 4.75. The van der Waals surface area contributed by atoms with E-state index in [-0.39, 0.29) is 41.2 Å². The molecule has 0 saturated carbocycles. The van der Waals surface area contributed by atoms with Crippen LogP contribution in [0.3, 0.4) is 0 Å². The summed E-state index contributed by atoms with van der Waals surface area (Å²) in [5.41, 5.74) is 2.37. The number of methoxy groups -OCH3 is 1. The van der Waals surface area contributed by atoms with E-state index in [1.165, 1.54) is 23.5 Å². The lowest BCUT2D eigenvalue weighted by Gasteiger charge is -2.26. The maximum Gasteiger partial charge on any atom is 0.251 e. The van der Waals surface area contributed by atoms with Crippen molar-refractivity contribution in [3.63, 3.8) is 0 Å². The molecule has 1 fully saturated rings. The predicted octanol–water partition coefficient (Wildman–Crippen LogP) is 2.52. The lowest BCUT2D eigenvalue weighted by molar-refractivity contribution is 0.0729. The van der Waals surface area contributed by atoms with Gasteiger partial charge in [0.25, 0.3) is 5.91 Å². The molecule has 1 saturated heterocycles. The van der Waals surface area contributed by atoms with Gasteiger partial charge in [0.15, 0.2) is 0 Å². The molecule has 3 rings (SSSR count). The number of benzene rings is 2. The van der Waals surface area contributed by atoms with Crippen molar-refractivity contribution in [1.29, 1.82) is 0 Å². The minimum atomic E-state index is -3.80. The van der Waals surface area contributed by atoms with Gasteiger partial charge in [0, 0.05) is 18.7 Å². The van der Waals surface area contributed by atoms with Crippen molar-refractivity contribution in [1.82, 2.24) is 9.62 Å². The van der Waals surface area contributed by atoms with Crippen LogP contribution in [-0.2, 0) is 14.8 Å². The van der Waals surface area contributed by atoms with Crippen molar-refractivity contribution >= 4 is 15.9 Å². The third-order valence-electron chi connectivity index (χ3n) is 4.94. The number of hydrogen-bond acceptors (Lipinski definition) is 5. The molecule has 0 aliphatic carbocycles.